The Morgan fingerprint density at radius 3 is 2.77 bits per heavy atom. The molecular formula is C19H18N6O. The monoisotopic (exact) mass is 346 g/mol. The third kappa shape index (κ3) is 3.32. The Hall–Kier alpha value is -3.48. The topological polar surface area (TPSA) is 77.1 Å². The summed E-state index contributed by atoms with van der Waals surface area (Å²) in [7, 11) is 0. The number of carbonyl (C=O) groups excluding carboxylic acids is 1. The van der Waals surface area contributed by atoms with E-state index in [0.29, 0.717) is 12.1 Å². The van der Waals surface area contributed by atoms with Crippen LogP contribution >= 0.6 is 0 Å². The average Bonchev–Trinajstić information content (AvgIpc) is 3.31. The van der Waals surface area contributed by atoms with Gasteiger partial charge in [-0.25, -0.2) is 9.97 Å². The van der Waals surface area contributed by atoms with Crippen molar-refractivity contribution in [1.29, 1.82) is 0 Å². The lowest BCUT2D eigenvalue weighted by Gasteiger charge is -2.13. The number of amides is 1. The van der Waals surface area contributed by atoms with Crippen LogP contribution in [0.3, 0.4) is 0 Å². The maximum Gasteiger partial charge on any atom is 0.253 e. The Bertz CT molecular complexity index is 1020. The second-order valence-electron chi connectivity index (χ2n) is 6.17. The van der Waals surface area contributed by atoms with Crippen molar-refractivity contribution in [2.45, 2.75) is 19.5 Å². The van der Waals surface area contributed by atoms with Crippen LogP contribution in [0, 0.1) is 0 Å². The van der Waals surface area contributed by atoms with Gasteiger partial charge in [0.1, 0.15) is 18.3 Å². The summed E-state index contributed by atoms with van der Waals surface area (Å²) in [6.45, 7) is 2.50. The zero-order chi connectivity index (χ0) is 17.9. The smallest absolute Gasteiger partial charge is 0.253 e. The van der Waals surface area contributed by atoms with Gasteiger partial charge in [0.25, 0.3) is 5.91 Å². The van der Waals surface area contributed by atoms with Gasteiger partial charge in [-0.15, -0.1) is 0 Å². The van der Waals surface area contributed by atoms with Crippen LogP contribution < -0.4 is 5.32 Å². The number of rotatable bonds is 5. The fraction of sp³-hybridized carbons (Fsp3) is 0.158. The van der Waals surface area contributed by atoms with Crippen molar-refractivity contribution in [3.8, 4) is 11.3 Å². The molecule has 1 atom stereocenters. The minimum Gasteiger partial charge on any atom is -0.348 e. The summed E-state index contributed by atoms with van der Waals surface area (Å²) in [5.74, 6) is -0.130. The molecule has 3 aromatic heterocycles. The van der Waals surface area contributed by atoms with Crippen LogP contribution in [0.15, 0.2) is 67.5 Å². The molecule has 3 heterocycles. The minimum atomic E-state index is -0.130. The molecule has 7 heteroatoms. The van der Waals surface area contributed by atoms with E-state index in [4.69, 9.17) is 0 Å². The number of hydrogen-bond acceptors (Lipinski definition) is 4. The number of fused-ring (bicyclic) bond motifs is 1. The second-order valence-corrected chi connectivity index (χ2v) is 6.17. The van der Waals surface area contributed by atoms with Gasteiger partial charge in [0.15, 0.2) is 0 Å². The van der Waals surface area contributed by atoms with E-state index in [9.17, 15) is 4.79 Å². The van der Waals surface area contributed by atoms with Crippen LogP contribution in [0.2, 0.25) is 0 Å². The highest BCUT2D eigenvalue weighted by atomic mass is 16.1. The summed E-state index contributed by atoms with van der Waals surface area (Å²) in [6.07, 6.45) is 6.84. The van der Waals surface area contributed by atoms with Gasteiger partial charge in [0.2, 0.25) is 0 Å². The molecule has 0 unspecified atom stereocenters. The Kier molecular flexibility index (Phi) is 4.18. The van der Waals surface area contributed by atoms with Crippen LogP contribution in [0.25, 0.3) is 16.9 Å². The van der Waals surface area contributed by atoms with E-state index in [1.807, 2.05) is 53.9 Å². The van der Waals surface area contributed by atoms with Crippen molar-refractivity contribution in [3.63, 3.8) is 0 Å². The Balaban J connectivity index is 1.52. The maximum absolute atomic E-state index is 12.5. The number of nitrogens with zero attached hydrogens (tertiary/aromatic N) is 5. The zero-order valence-electron chi connectivity index (χ0n) is 14.3. The molecule has 26 heavy (non-hydrogen) atoms. The molecule has 1 N–H and O–H groups in total. The average molecular weight is 346 g/mol. The van der Waals surface area contributed by atoms with Crippen LogP contribution in [0.4, 0.5) is 0 Å². The van der Waals surface area contributed by atoms with E-state index in [-0.39, 0.29) is 11.9 Å². The molecule has 0 radical (unpaired) electrons. The first-order valence-electron chi connectivity index (χ1n) is 8.36. The number of carbonyl (C=O) groups is 1. The second kappa shape index (κ2) is 6.79. The molecule has 0 aliphatic rings. The number of aromatic nitrogens is 5. The number of pyridine rings is 1. The standard InChI is InChI=1S/C19H18N6O/c1-14(9-25-13-20-12-21-25)22-19(26)16-7-8-18-23-17(11-24(18)10-16)15-5-3-2-4-6-15/h2-8,10-14H,9H2,1H3,(H,22,26)/t14-/m0/s1. The molecule has 130 valence electrons. The Morgan fingerprint density at radius 2 is 2.00 bits per heavy atom. The fourth-order valence-corrected chi connectivity index (χ4v) is 2.83. The largest absolute Gasteiger partial charge is 0.348 e. The van der Waals surface area contributed by atoms with Gasteiger partial charge in [-0.1, -0.05) is 30.3 Å². The van der Waals surface area contributed by atoms with Crippen LogP contribution in [0.5, 0.6) is 0 Å². The van der Waals surface area contributed by atoms with Crippen LogP contribution in [-0.4, -0.2) is 36.1 Å². The number of benzene rings is 1. The Morgan fingerprint density at radius 1 is 1.15 bits per heavy atom. The molecule has 0 aliphatic heterocycles. The highest BCUT2D eigenvalue weighted by Crippen LogP contribution is 2.19. The first kappa shape index (κ1) is 16.0. The molecule has 4 aromatic rings. The first-order chi connectivity index (χ1) is 12.7. The van der Waals surface area contributed by atoms with E-state index >= 15 is 0 Å². The summed E-state index contributed by atoms with van der Waals surface area (Å²) in [5.41, 5.74) is 3.31. The highest BCUT2D eigenvalue weighted by molar-refractivity contribution is 5.94. The number of nitrogens with one attached hydrogen (secondary N) is 1. The highest BCUT2D eigenvalue weighted by Gasteiger charge is 2.12. The molecule has 0 spiro atoms. The van der Waals surface area contributed by atoms with Crippen molar-refractivity contribution in [2.24, 2.45) is 0 Å². The van der Waals surface area contributed by atoms with Crippen molar-refractivity contribution >= 4 is 11.6 Å². The van der Waals surface area contributed by atoms with Crippen molar-refractivity contribution < 1.29 is 4.79 Å². The quantitative estimate of drug-likeness (QED) is 0.602. The SMILES string of the molecule is C[C@@H](Cn1cncn1)NC(=O)c1ccc2nc(-c3ccccc3)cn2c1. The number of imidazole rings is 1. The van der Waals surface area contributed by atoms with Gasteiger partial charge >= 0.3 is 0 Å². The molecule has 4 rings (SSSR count). The predicted octanol–water partition coefficient (Wildman–Crippen LogP) is 2.41. The van der Waals surface area contributed by atoms with Gasteiger partial charge in [0, 0.05) is 24.0 Å². The van der Waals surface area contributed by atoms with Crippen LogP contribution in [-0.2, 0) is 6.54 Å². The fourth-order valence-electron chi connectivity index (χ4n) is 2.83. The molecule has 0 bridgehead atoms. The first-order valence-corrected chi connectivity index (χ1v) is 8.36. The third-order valence-corrected chi connectivity index (χ3v) is 4.09. The van der Waals surface area contributed by atoms with Crippen molar-refractivity contribution in [1.82, 2.24) is 29.5 Å². The van der Waals surface area contributed by atoms with Gasteiger partial charge in [0.05, 0.1) is 17.8 Å². The Labute approximate surface area is 150 Å². The predicted molar refractivity (Wildman–Crippen MR) is 97.6 cm³/mol. The lowest BCUT2D eigenvalue weighted by Crippen LogP contribution is -2.35. The molecule has 7 nitrogen and oxygen atoms in total. The molecule has 0 fully saturated rings. The lowest BCUT2D eigenvalue weighted by molar-refractivity contribution is 0.0935. The number of hydrogen-bond donors (Lipinski definition) is 1. The summed E-state index contributed by atoms with van der Waals surface area (Å²) in [4.78, 5) is 21.0. The summed E-state index contributed by atoms with van der Waals surface area (Å²) in [6, 6.07) is 13.5. The van der Waals surface area contributed by atoms with E-state index in [0.717, 1.165) is 16.9 Å². The lowest BCUT2D eigenvalue weighted by atomic mass is 10.2. The molecule has 0 saturated carbocycles. The summed E-state index contributed by atoms with van der Waals surface area (Å²) in [5, 5.41) is 7.03. The normalized spacial score (nSPS) is 12.2. The molecule has 0 saturated heterocycles. The van der Waals surface area contributed by atoms with E-state index in [1.165, 1.54) is 6.33 Å². The van der Waals surface area contributed by atoms with Gasteiger partial charge in [-0.2, -0.15) is 5.10 Å². The van der Waals surface area contributed by atoms with Crippen LogP contribution in [0.1, 0.15) is 17.3 Å². The van der Waals surface area contributed by atoms with E-state index in [1.54, 1.807) is 23.3 Å². The maximum atomic E-state index is 12.5. The molecule has 0 aliphatic carbocycles. The van der Waals surface area contributed by atoms with Gasteiger partial charge in [-0.05, 0) is 19.1 Å². The molecule has 1 amide bonds. The van der Waals surface area contributed by atoms with Crippen molar-refractivity contribution in [3.05, 3.63) is 73.1 Å². The van der Waals surface area contributed by atoms with Gasteiger partial charge in [-0.3, -0.25) is 9.48 Å². The molecular weight excluding hydrogens is 328 g/mol. The summed E-state index contributed by atoms with van der Waals surface area (Å²) < 4.78 is 3.56. The third-order valence-electron chi connectivity index (χ3n) is 4.09. The van der Waals surface area contributed by atoms with Gasteiger partial charge < -0.3 is 9.72 Å². The van der Waals surface area contributed by atoms with E-state index in [2.05, 4.69) is 20.4 Å². The van der Waals surface area contributed by atoms with E-state index < -0.39 is 0 Å². The zero-order valence-corrected chi connectivity index (χ0v) is 14.3. The van der Waals surface area contributed by atoms with Crippen molar-refractivity contribution in [2.75, 3.05) is 0 Å². The summed E-state index contributed by atoms with van der Waals surface area (Å²) >= 11 is 0. The molecule has 1 aromatic carbocycles. The minimum absolute atomic E-state index is 0.0671.